The molecule has 144 valence electrons. The predicted octanol–water partition coefficient (Wildman–Crippen LogP) is 7.10. The Morgan fingerprint density at radius 3 is 1.73 bits per heavy atom. The minimum Gasteiger partial charge on any atom is -0.508 e. The van der Waals surface area contributed by atoms with Gasteiger partial charge in [-0.05, 0) is 59.1 Å². The Morgan fingerprint density at radius 1 is 0.808 bits per heavy atom. The number of rotatable bonds is 5. The Morgan fingerprint density at radius 2 is 1.27 bits per heavy atom. The third kappa shape index (κ3) is 6.17. The molecule has 0 aliphatic carbocycles. The Hall–Kier alpha value is -1.26. The summed E-state index contributed by atoms with van der Waals surface area (Å²) in [5.74, 6) is 0.645. The lowest BCUT2D eigenvalue weighted by molar-refractivity contribution is 0.458. The molecule has 26 heavy (non-hydrogen) atoms. The van der Waals surface area contributed by atoms with Crippen molar-refractivity contribution in [2.24, 2.45) is 0 Å². The molecule has 0 unspecified atom stereocenters. The molecule has 0 saturated carbocycles. The smallest absolute Gasteiger partial charge is 0.130 e. The van der Waals surface area contributed by atoms with Crippen molar-refractivity contribution in [2.75, 3.05) is 0 Å². The Kier molecular flexibility index (Phi) is 8.42. The number of thiol groups is 1. The van der Waals surface area contributed by atoms with Crippen molar-refractivity contribution in [1.82, 2.24) is 0 Å². The van der Waals surface area contributed by atoms with Crippen molar-refractivity contribution in [3.63, 3.8) is 0 Å². The average Bonchev–Trinajstić information content (AvgIpc) is 2.63. The van der Waals surface area contributed by atoms with E-state index < -0.39 is 0 Å². The van der Waals surface area contributed by atoms with Gasteiger partial charge < -0.3 is 10.2 Å². The summed E-state index contributed by atoms with van der Waals surface area (Å²) >= 11 is 4.11. The van der Waals surface area contributed by atoms with Crippen molar-refractivity contribution in [2.45, 2.75) is 70.1 Å². The van der Waals surface area contributed by atoms with E-state index >= 15 is 0 Å². The maximum absolute atomic E-state index is 9.50. The van der Waals surface area contributed by atoms with Gasteiger partial charge >= 0.3 is 0 Å². The summed E-state index contributed by atoms with van der Waals surface area (Å²) in [5, 5.41) is 18.6. The molecule has 0 aromatic heterocycles. The van der Waals surface area contributed by atoms with Gasteiger partial charge in [-0.1, -0.05) is 70.5 Å². The first-order valence-electron chi connectivity index (χ1n) is 9.01. The quantitative estimate of drug-likeness (QED) is 0.375. The molecule has 0 heterocycles. The third-order valence-corrected chi connectivity index (χ3v) is 6.37. The molecular formula is C22H32O2S2. The Balaban J connectivity index is 0.000000263. The number of hydrogen-bond donors (Lipinski definition) is 3. The number of aromatic hydroxyl groups is 2. The second-order valence-electron chi connectivity index (χ2n) is 7.80. The highest BCUT2D eigenvalue weighted by Crippen LogP contribution is 2.36. The van der Waals surface area contributed by atoms with E-state index in [0.717, 1.165) is 17.7 Å². The van der Waals surface area contributed by atoms with E-state index in [0.29, 0.717) is 11.5 Å². The fraction of sp³-hybridized carbons (Fsp3) is 0.455. The summed E-state index contributed by atoms with van der Waals surface area (Å²) in [6.45, 7) is 13.2. The van der Waals surface area contributed by atoms with Crippen LogP contribution in [-0.2, 0) is 10.8 Å². The zero-order chi connectivity index (χ0) is 20.0. The maximum Gasteiger partial charge on any atom is 0.130 e. The van der Waals surface area contributed by atoms with Crippen molar-refractivity contribution in [3.8, 4) is 11.5 Å². The molecule has 0 fully saturated rings. The Labute approximate surface area is 167 Å². The SMILES string of the molecule is CCC(C)(C)c1ccc(O)c(SS)c1.CCC(C)(C)c1ccc(O)cc1. The lowest BCUT2D eigenvalue weighted by atomic mass is 9.82. The van der Waals surface area contributed by atoms with E-state index in [4.69, 9.17) is 5.11 Å². The van der Waals surface area contributed by atoms with Crippen molar-refractivity contribution in [1.29, 1.82) is 0 Å². The van der Waals surface area contributed by atoms with Crippen LogP contribution < -0.4 is 0 Å². The largest absolute Gasteiger partial charge is 0.508 e. The second kappa shape index (κ2) is 9.61. The first kappa shape index (κ1) is 22.8. The van der Waals surface area contributed by atoms with Gasteiger partial charge in [0.05, 0.1) is 4.90 Å². The van der Waals surface area contributed by atoms with Gasteiger partial charge in [0.25, 0.3) is 0 Å². The van der Waals surface area contributed by atoms with Crippen LogP contribution in [0.4, 0.5) is 0 Å². The van der Waals surface area contributed by atoms with Crippen LogP contribution in [0.25, 0.3) is 0 Å². The lowest BCUT2D eigenvalue weighted by Gasteiger charge is -2.23. The number of benzene rings is 2. The van der Waals surface area contributed by atoms with E-state index in [2.05, 4.69) is 53.2 Å². The number of hydrogen-bond acceptors (Lipinski definition) is 4. The third-order valence-electron chi connectivity index (χ3n) is 5.26. The standard InChI is InChI=1S/C11H16OS2.C11H16O/c1-4-11(2,3)8-5-6-9(12)10(7-8)14-13;1-4-11(2,3)9-5-7-10(12)8-6-9/h5-7,12-13H,4H2,1-3H3;5-8,12H,4H2,1-3H3. The topological polar surface area (TPSA) is 40.5 Å². The molecule has 2 aromatic carbocycles. The summed E-state index contributed by atoms with van der Waals surface area (Å²) in [6, 6.07) is 13.2. The van der Waals surface area contributed by atoms with Gasteiger partial charge in [0.1, 0.15) is 11.5 Å². The summed E-state index contributed by atoms with van der Waals surface area (Å²) in [7, 11) is 1.28. The number of phenolic OH excluding ortho intramolecular Hbond substituents is 2. The molecule has 0 radical (unpaired) electrons. The minimum atomic E-state index is 0.159. The van der Waals surface area contributed by atoms with Gasteiger partial charge in [-0.3, -0.25) is 0 Å². The van der Waals surface area contributed by atoms with Crippen LogP contribution in [-0.4, -0.2) is 10.2 Å². The van der Waals surface area contributed by atoms with Gasteiger partial charge in [-0.2, -0.15) is 0 Å². The van der Waals surface area contributed by atoms with Gasteiger partial charge in [0, 0.05) is 0 Å². The van der Waals surface area contributed by atoms with E-state index in [1.807, 2.05) is 24.3 Å². The van der Waals surface area contributed by atoms with E-state index in [1.165, 1.54) is 21.9 Å². The predicted molar refractivity (Wildman–Crippen MR) is 118 cm³/mol. The molecule has 2 N–H and O–H groups in total. The first-order chi connectivity index (χ1) is 12.1. The highest BCUT2D eigenvalue weighted by molar-refractivity contribution is 8.68. The van der Waals surface area contributed by atoms with Crippen LogP contribution in [0.1, 0.15) is 65.5 Å². The lowest BCUT2D eigenvalue weighted by Crippen LogP contribution is -2.15. The minimum absolute atomic E-state index is 0.159. The zero-order valence-corrected chi connectivity index (χ0v) is 18.4. The molecule has 0 saturated heterocycles. The first-order valence-corrected chi connectivity index (χ1v) is 10.9. The van der Waals surface area contributed by atoms with Crippen molar-refractivity contribution in [3.05, 3.63) is 53.6 Å². The number of phenols is 2. The van der Waals surface area contributed by atoms with Crippen LogP contribution in [0.15, 0.2) is 47.4 Å². The van der Waals surface area contributed by atoms with Crippen LogP contribution in [0.2, 0.25) is 0 Å². The summed E-state index contributed by atoms with van der Waals surface area (Å²) < 4.78 is 0. The highest BCUT2D eigenvalue weighted by Gasteiger charge is 2.19. The normalized spacial score (nSPS) is 11.7. The van der Waals surface area contributed by atoms with Gasteiger partial charge in [-0.15, -0.1) is 11.7 Å². The van der Waals surface area contributed by atoms with Crippen molar-refractivity contribution < 1.29 is 10.2 Å². The molecule has 0 bridgehead atoms. The van der Waals surface area contributed by atoms with Crippen LogP contribution >= 0.6 is 22.5 Å². The van der Waals surface area contributed by atoms with Gasteiger partial charge in [-0.25, -0.2) is 0 Å². The highest BCUT2D eigenvalue weighted by atomic mass is 33.1. The van der Waals surface area contributed by atoms with Crippen LogP contribution in [0.3, 0.4) is 0 Å². The van der Waals surface area contributed by atoms with E-state index in [9.17, 15) is 5.11 Å². The molecule has 2 nitrogen and oxygen atoms in total. The molecule has 0 spiro atoms. The fourth-order valence-electron chi connectivity index (χ4n) is 2.33. The zero-order valence-electron chi connectivity index (χ0n) is 16.7. The molecule has 2 rings (SSSR count). The monoisotopic (exact) mass is 392 g/mol. The van der Waals surface area contributed by atoms with Crippen LogP contribution in [0, 0.1) is 0 Å². The molecule has 0 amide bonds. The summed E-state index contributed by atoms with van der Waals surface area (Å²) in [6.07, 6.45) is 2.19. The van der Waals surface area contributed by atoms with Gasteiger partial charge in [0.2, 0.25) is 0 Å². The van der Waals surface area contributed by atoms with E-state index in [-0.39, 0.29) is 10.8 Å². The molecule has 0 atom stereocenters. The van der Waals surface area contributed by atoms with E-state index in [1.54, 1.807) is 18.2 Å². The summed E-state index contributed by atoms with van der Waals surface area (Å²) in [5.41, 5.74) is 2.90. The molecular weight excluding hydrogens is 360 g/mol. The van der Waals surface area contributed by atoms with Crippen LogP contribution in [0.5, 0.6) is 11.5 Å². The molecule has 2 aromatic rings. The molecule has 0 aliphatic heterocycles. The molecule has 0 aliphatic rings. The fourth-order valence-corrected chi connectivity index (χ4v) is 3.11. The summed E-state index contributed by atoms with van der Waals surface area (Å²) in [4.78, 5) is 0.826. The average molecular weight is 393 g/mol. The maximum atomic E-state index is 9.50. The van der Waals surface area contributed by atoms with Crippen molar-refractivity contribution >= 4 is 22.5 Å². The Bertz CT molecular complexity index is 692. The molecule has 4 heteroatoms. The second-order valence-corrected chi connectivity index (χ2v) is 8.97. The van der Waals surface area contributed by atoms with Gasteiger partial charge in [0.15, 0.2) is 0 Å².